The van der Waals surface area contributed by atoms with Crippen LogP contribution in [0, 0.1) is 0 Å². The molecule has 0 amide bonds. The second kappa shape index (κ2) is 5.53. The van der Waals surface area contributed by atoms with Crippen LogP contribution in [0.25, 0.3) is 0 Å². The molecule has 0 aromatic heterocycles. The average Bonchev–Trinajstić information content (AvgIpc) is 2.15. The number of aryl methyl sites for hydroxylation is 1. The van der Waals surface area contributed by atoms with E-state index in [0.29, 0.717) is 0 Å². The van der Waals surface area contributed by atoms with Crippen LogP contribution in [0.5, 0.6) is 0 Å². The van der Waals surface area contributed by atoms with Gasteiger partial charge in [-0.25, -0.2) is 0 Å². The minimum absolute atomic E-state index is 0.738. The van der Waals surface area contributed by atoms with Gasteiger partial charge in [0, 0.05) is 4.90 Å². The smallest absolute Gasteiger partial charge is 0.0544 e. The fourth-order valence-electron chi connectivity index (χ4n) is 1.17. The molecule has 3 heteroatoms. The lowest BCUT2D eigenvalue weighted by molar-refractivity contribution is 0.832. The SMILES string of the molecule is CSc1ccc(CCCN)cc1Cl. The lowest BCUT2D eigenvalue weighted by Gasteiger charge is -2.04. The van der Waals surface area contributed by atoms with E-state index in [1.165, 1.54) is 5.56 Å². The molecule has 0 aliphatic rings. The third-order valence-corrected chi connectivity index (χ3v) is 3.11. The van der Waals surface area contributed by atoms with Crippen LogP contribution in [0.15, 0.2) is 23.1 Å². The fraction of sp³-hybridized carbons (Fsp3) is 0.400. The minimum atomic E-state index is 0.738. The first-order valence-corrected chi connectivity index (χ1v) is 5.90. The van der Waals surface area contributed by atoms with Crippen LogP contribution in [-0.4, -0.2) is 12.8 Å². The summed E-state index contributed by atoms with van der Waals surface area (Å²) in [5.74, 6) is 0. The maximum Gasteiger partial charge on any atom is 0.0544 e. The predicted molar refractivity (Wildman–Crippen MR) is 60.6 cm³/mol. The van der Waals surface area contributed by atoms with Gasteiger partial charge in [-0.15, -0.1) is 11.8 Å². The molecule has 0 atom stereocenters. The summed E-state index contributed by atoms with van der Waals surface area (Å²) in [6, 6.07) is 6.22. The van der Waals surface area contributed by atoms with Gasteiger partial charge in [-0.2, -0.15) is 0 Å². The lowest BCUT2D eigenvalue weighted by Crippen LogP contribution is -2.00. The number of hydrogen-bond donors (Lipinski definition) is 1. The Morgan fingerprint density at radius 2 is 2.23 bits per heavy atom. The molecular formula is C10H14ClNS. The molecule has 1 aromatic carbocycles. The van der Waals surface area contributed by atoms with Gasteiger partial charge in [0.2, 0.25) is 0 Å². The fourth-order valence-corrected chi connectivity index (χ4v) is 2.06. The Morgan fingerprint density at radius 3 is 2.77 bits per heavy atom. The predicted octanol–water partition coefficient (Wildman–Crippen LogP) is 2.95. The van der Waals surface area contributed by atoms with E-state index in [1.54, 1.807) is 11.8 Å². The summed E-state index contributed by atoms with van der Waals surface area (Å²) in [7, 11) is 0. The van der Waals surface area contributed by atoms with E-state index >= 15 is 0 Å². The van der Waals surface area contributed by atoms with E-state index in [1.807, 2.05) is 12.3 Å². The molecule has 0 unspecified atom stereocenters. The van der Waals surface area contributed by atoms with Crippen molar-refractivity contribution in [3.8, 4) is 0 Å². The second-order valence-corrected chi connectivity index (χ2v) is 4.12. The van der Waals surface area contributed by atoms with Crippen LogP contribution in [0.3, 0.4) is 0 Å². The number of benzene rings is 1. The van der Waals surface area contributed by atoms with E-state index in [4.69, 9.17) is 17.3 Å². The van der Waals surface area contributed by atoms with Crippen molar-refractivity contribution in [2.24, 2.45) is 5.73 Å². The standard InChI is InChI=1S/C10H14ClNS/c1-13-10-5-4-8(3-2-6-12)7-9(10)11/h4-5,7H,2-3,6,12H2,1H3. The molecule has 0 fully saturated rings. The van der Waals surface area contributed by atoms with Crippen molar-refractivity contribution in [3.05, 3.63) is 28.8 Å². The quantitative estimate of drug-likeness (QED) is 0.782. The normalized spacial score (nSPS) is 10.4. The van der Waals surface area contributed by atoms with Crippen LogP contribution in [0.2, 0.25) is 5.02 Å². The van der Waals surface area contributed by atoms with Crippen molar-refractivity contribution >= 4 is 23.4 Å². The van der Waals surface area contributed by atoms with E-state index in [-0.39, 0.29) is 0 Å². The van der Waals surface area contributed by atoms with Gasteiger partial charge >= 0.3 is 0 Å². The van der Waals surface area contributed by atoms with Crippen molar-refractivity contribution in [1.82, 2.24) is 0 Å². The maximum absolute atomic E-state index is 6.06. The number of thioether (sulfide) groups is 1. The first-order chi connectivity index (χ1) is 6.27. The molecule has 0 saturated carbocycles. The summed E-state index contributed by atoms with van der Waals surface area (Å²) in [6.45, 7) is 0.738. The van der Waals surface area contributed by atoms with E-state index in [0.717, 1.165) is 29.3 Å². The van der Waals surface area contributed by atoms with Crippen LogP contribution in [0.1, 0.15) is 12.0 Å². The van der Waals surface area contributed by atoms with E-state index < -0.39 is 0 Å². The van der Waals surface area contributed by atoms with Gasteiger partial charge < -0.3 is 5.73 Å². The van der Waals surface area contributed by atoms with Gasteiger partial charge in [0.15, 0.2) is 0 Å². The third-order valence-electron chi connectivity index (χ3n) is 1.89. The Morgan fingerprint density at radius 1 is 1.46 bits per heavy atom. The van der Waals surface area contributed by atoms with Gasteiger partial charge in [0.25, 0.3) is 0 Å². The van der Waals surface area contributed by atoms with Crippen LogP contribution in [-0.2, 0) is 6.42 Å². The van der Waals surface area contributed by atoms with E-state index in [2.05, 4.69) is 12.1 Å². The summed E-state index contributed by atoms with van der Waals surface area (Å²) in [6.07, 6.45) is 4.07. The summed E-state index contributed by atoms with van der Waals surface area (Å²) >= 11 is 7.73. The zero-order valence-corrected chi connectivity index (χ0v) is 9.29. The molecule has 0 radical (unpaired) electrons. The number of halogens is 1. The van der Waals surface area contributed by atoms with Crippen LogP contribution in [0.4, 0.5) is 0 Å². The Balaban J connectivity index is 2.71. The van der Waals surface area contributed by atoms with Crippen LogP contribution >= 0.6 is 23.4 Å². The van der Waals surface area contributed by atoms with Gasteiger partial charge in [0.1, 0.15) is 0 Å². The van der Waals surface area contributed by atoms with Crippen molar-refractivity contribution < 1.29 is 0 Å². The first-order valence-electron chi connectivity index (χ1n) is 4.30. The number of rotatable bonds is 4. The van der Waals surface area contributed by atoms with Gasteiger partial charge in [-0.3, -0.25) is 0 Å². The van der Waals surface area contributed by atoms with Crippen molar-refractivity contribution in [2.45, 2.75) is 17.7 Å². The van der Waals surface area contributed by atoms with E-state index in [9.17, 15) is 0 Å². The Bertz CT molecular complexity index is 276. The molecule has 1 rings (SSSR count). The topological polar surface area (TPSA) is 26.0 Å². The first kappa shape index (κ1) is 10.9. The van der Waals surface area contributed by atoms with Crippen molar-refractivity contribution in [1.29, 1.82) is 0 Å². The average molecular weight is 216 g/mol. The molecule has 13 heavy (non-hydrogen) atoms. The highest BCUT2D eigenvalue weighted by molar-refractivity contribution is 7.98. The lowest BCUT2D eigenvalue weighted by atomic mass is 10.1. The molecular weight excluding hydrogens is 202 g/mol. The monoisotopic (exact) mass is 215 g/mol. The van der Waals surface area contributed by atoms with Crippen LogP contribution < -0.4 is 5.73 Å². The number of nitrogens with two attached hydrogens (primary N) is 1. The summed E-state index contributed by atoms with van der Waals surface area (Å²) in [5, 5.41) is 0.849. The van der Waals surface area contributed by atoms with Gasteiger partial charge in [-0.1, -0.05) is 17.7 Å². The highest BCUT2D eigenvalue weighted by Gasteiger charge is 1.99. The molecule has 1 aromatic rings. The minimum Gasteiger partial charge on any atom is -0.330 e. The summed E-state index contributed by atoms with van der Waals surface area (Å²) < 4.78 is 0. The molecule has 72 valence electrons. The zero-order valence-electron chi connectivity index (χ0n) is 7.72. The maximum atomic E-state index is 6.06. The molecule has 0 aliphatic heterocycles. The molecule has 0 heterocycles. The summed E-state index contributed by atoms with van der Waals surface area (Å²) in [5.41, 5.74) is 6.70. The molecule has 2 N–H and O–H groups in total. The van der Waals surface area contributed by atoms with Gasteiger partial charge in [0.05, 0.1) is 5.02 Å². The summed E-state index contributed by atoms with van der Waals surface area (Å²) in [4.78, 5) is 1.14. The highest BCUT2D eigenvalue weighted by Crippen LogP contribution is 2.26. The van der Waals surface area contributed by atoms with Gasteiger partial charge in [-0.05, 0) is 43.3 Å². The highest BCUT2D eigenvalue weighted by atomic mass is 35.5. The van der Waals surface area contributed by atoms with Crippen molar-refractivity contribution in [3.63, 3.8) is 0 Å². The van der Waals surface area contributed by atoms with Crippen molar-refractivity contribution in [2.75, 3.05) is 12.8 Å². The molecule has 0 bridgehead atoms. The molecule has 1 nitrogen and oxygen atoms in total. The largest absolute Gasteiger partial charge is 0.330 e. The second-order valence-electron chi connectivity index (χ2n) is 2.86. The number of hydrogen-bond acceptors (Lipinski definition) is 2. The Labute approximate surface area is 88.7 Å². The molecule has 0 spiro atoms. The third kappa shape index (κ3) is 3.22. The Kier molecular flexibility index (Phi) is 4.64. The molecule has 0 aliphatic carbocycles. The Hall–Kier alpha value is -0.180. The molecule has 0 saturated heterocycles. The zero-order chi connectivity index (χ0) is 9.68.